The van der Waals surface area contributed by atoms with E-state index in [4.69, 9.17) is 5.73 Å². The number of nitrogens with one attached hydrogen (secondary N) is 1. The Bertz CT molecular complexity index is 458. The zero-order chi connectivity index (χ0) is 13.8. The highest BCUT2D eigenvalue weighted by molar-refractivity contribution is 5.47. The second-order valence-electron chi connectivity index (χ2n) is 5.14. The molecule has 19 heavy (non-hydrogen) atoms. The summed E-state index contributed by atoms with van der Waals surface area (Å²) >= 11 is 0. The van der Waals surface area contributed by atoms with Gasteiger partial charge in [-0.15, -0.1) is 0 Å². The molecule has 0 bridgehead atoms. The third-order valence-corrected chi connectivity index (χ3v) is 3.84. The summed E-state index contributed by atoms with van der Waals surface area (Å²) in [6.07, 6.45) is 6.21. The van der Waals surface area contributed by atoms with Gasteiger partial charge in [-0.2, -0.15) is 0 Å². The Balaban J connectivity index is 2.09. The number of nitrogens with zero attached hydrogens (tertiary/aromatic N) is 2. The molecule has 6 nitrogen and oxygen atoms in total. The first kappa shape index (κ1) is 13.7. The molecule has 1 atom stereocenters. The number of hydrogen-bond donors (Lipinski definition) is 2. The number of nitrogens with two attached hydrogens (primary N) is 1. The second kappa shape index (κ2) is 5.97. The highest BCUT2D eigenvalue weighted by Gasteiger charge is 2.24. The van der Waals surface area contributed by atoms with Crippen LogP contribution in [0.3, 0.4) is 0 Å². The van der Waals surface area contributed by atoms with Crippen molar-refractivity contribution >= 4 is 11.5 Å². The van der Waals surface area contributed by atoms with Gasteiger partial charge in [0.05, 0.1) is 4.92 Å². The number of pyridine rings is 1. The van der Waals surface area contributed by atoms with Gasteiger partial charge in [-0.25, -0.2) is 4.98 Å². The maximum absolute atomic E-state index is 10.7. The van der Waals surface area contributed by atoms with Crippen molar-refractivity contribution in [2.75, 3.05) is 11.9 Å². The van der Waals surface area contributed by atoms with Crippen LogP contribution >= 0.6 is 0 Å². The van der Waals surface area contributed by atoms with Crippen LogP contribution in [0.4, 0.5) is 11.5 Å². The van der Waals surface area contributed by atoms with E-state index in [1.807, 2.05) is 0 Å². The number of aromatic nitrogens is 1. The molecule has 0 saturated heterocycles. The Morgan fingerprint density at radius 3 is 2.79 bits per heavy atom. The van der Waals surface area contributed by atoms with Crippen molar-refractivity contribution < 1.29 is 4.92 Å². The lowest BCUT2D eigenvalue weighted by Gasteiger charge is -2.23. The average Bonchev–Trinajstić information content (AvgIpc) is 2.89. The Labute approximate surface area is 112 Å². The molecule has 1 saturated carbocycles. The molecule has 1 aliphatic carbocycles. The standard InChI is InChI=1S/C13H20N4O2/c1-9-6-13(15-8-12(9)17(18)19)16-11(7-14)10-4-2-3-5-10/h6,8,10-11H,2-5,7,14H2,1H3,(H,15,16). The minimum absolute atomic E-state index is 0.0516. The molecule has 1 aromatic rings. The van der Waals surface area contributed by atoms with E-state index in [2.05, 4.69) is 10.3 Å². The maximum Gasteiger partial charge on any atom is 0.290 e. The van der Waals surface area contributed by atoms with Crippen molar-refractivity contribution in [3.63, 3.8) is 0 Å². The predicted octanol–water partition coefficient (Wildman–Crippen LogP) is 2.23. The van der Waals surface area contributed by atoms with Gasteiger partial charge in [0.25, 0.3) is 5.69 Å². The Hall–Kier alpha value is -1.69. The monoisotopic (exact) mass is 264 g/mol. The number of nitro groups is 1. The summed E-state index contributed by atoms with van der Waals surface area (Å²) in [5.74, 6) is 1.26. The first-order valence-corrected chi connectivity index (χ1v) is 6.69. The van der Waals surface area contributed by atoms with Crippen molar-refractivity contribution in [3.05, 3.63) is 27.9 Å². The lowest BCUT2D eigenvalue weighted by Crippen LogP contribution is -2.35. The molecular weight excluding hydrogens is 244 g/mol. The van der Waals surface area contributed by atoms with Gasteiger partial charge in [0.2, 0.25) is 0 Å². The van der Waals surface area contributed by atoms with E-state index in [9.17, 15) is 10.1 Å². The molecule has 104 valence electrons. The normalized spacial score (nSPS) is 17.4. The van der Waals surface area contributed by atoms with E-state index < -0.39 is 4.92 Å². The third-order valence-electron chi connectivity index (χ3n) is 3.84. The highest BCUT2D eigenvalue weighted by atomic mass is 16.6. The van der Waals surface area contributed by atoms with Gasteiger partial charge in [0, 0.05) is 18.2 Å². The van der Waals surface area contributed by atoms with Crippen molar-refractivity contribution in [1.82, 2.24) is 4.98 Å². The topological polar surface area (TPSA) is 94.1 Å². The van der Waals surface area contributed by atoms with Crippen LogP contribution in [0.1, 0.15) is 31.2 Å². The van der Waals surface area contributed by atoms with Gasteiger partial charge in [-0.1, -0.05) is 12.8 Å². The van der Waals surface area contributed by atoms with E-state index in [0.29, 0.717) is 23.8 Å². The summed E-state index contributed by atoms with van der Waals surface area (Å²) in [7, 11) is 0. The Morgan fingerprint density at radius 1 is 1.58 bits per heavy atom. The first-order valence-electron chi connectivity index (χ1n) is 6.69. The van der Waals surface area contributed by atoms with E-state index >= 15 is 0 Å². The van der Waals surface area contributed by atoms with Crippen molar-refractivity contribution in [2.24, 2.45) is 11.7 Å². The SMILES string of the molecule is Cc1cc(NC(CN)C2CCCC2)ncc1[N+](=O)[O-]. The molecule has 6 heteroatoms. The molecular formula is C13H20N4O2. The lowest BCUT2D eigenvalue weighted by molar-refractivity contribution is -0.385. The van der Waals surface area contributed by atoms with Crippen LogP contribution in [0.5, 0.6) is 0 Å². The van der Waals surface area contributed by atoms with Crippen molar-refractivity contribution in [2.45, 2.75) is 38.6 Å². The van der Waals surface area contributed by atoms with Crippen LogP contribution in [0.25, 0.3) is 0 Å². The fourth-order valence-electron chi connectivity index (χ4n) is 2.74. The van der Waals surface area contributed by atoms with E-state index in [1.54, 1.807) is 13.0 Å². The fraction of sp³-hybridized carbons (Fsp3) is 0.615. The zero-order valence-corrected chi connectivity index (χ0v) is 11.1. The number of anilines is 1. The number of aryl methyl sites for hydroxylation is 1. The van der Waals surface area contributed by atoms with E-state index in [1.165, 1.54) is 31.9 Å². The quantitative estimate of drug-likeness (QED) is 0.628. The predicted molar refractivity (Wildman–Crippen MR) is 74.1 cm³/mol. The fourth-order valence-corrected chi connectivity index (χ4v) is 2.74. The minimum atomic E-state index is -0.413. The van der Waals surface area contributed by atoms with Gasteiger partial charge < -0.3 is 11.1 Å². The van der Waals surface area contributed by atoms with Gasteiger partial charge in [-0.05, 0) is 31.7 Å². The van der Waals surface area contributed by atoms with Crippen LogP contribution in [-0.2, 0) is 0 Å². The largest absolute Gasteiger partial charge is 0.366 e. The zero-order valence-electron chi connectivity index (χ0n) is 11.1. The van der Waals surface area contributed by atoms with Gasteiger partial charge in [0.15, 0.2) is 0 Å². The van der Waals surface area contributed by atoms with Crippen molar-refractivity contribution in [3.8, 4) is 0 Å². The highest BCUT2D eigenvalue weighted by Crippen LogP contribution is 2.29. The van der Waals surface area contributed by atoms with Gasteiger partial charge in [-0.3, -0.25) is 10.1 Å². The van der Waals surface area contributed by atoms with Crippen LogP contribution in [-0.4, -0.2) is 22.5 Å². The molecule has 1 unspecified atom stereocenters. The third kappa shape index (κ3) is 3.20. The maximum atomic E-state index is 10.7. The molecule has 1 fully saturated rings. The summed E-state index contributed by atoms with van der Waals surface area (Å²) in [5, 5.41) is 14.1. The molecule has 3 N–H and O–H groups in total. The number of rotatable bonds is 5. The van der Waals surface area contributed by atoms with Crippen LogP contribution < -0.4 is 11.1 Å². The van der Waals surface area contributed by atoms with Gasteiger partial charge >= 0.3 is 0 Å². The molecule has 0 radical (unpaired) electrons. The summed E-state index contributed by atoms with van der Waals surface area (Å²) in [6.45, 7) is 2.28. The molecule has 0 aliphatic heterocycles. The van der Waals surface area contributed by atoms with Crippen LogP contribution in [0, 0.1) is 23.0 Å². The molecule has 0 amide bonds. The molecule has 2 rings (SSSR count). The first-order chi connectivity index (χ1) is 9.11. The molecule has 1 aromatic heterocycles. The second-order valence-corrected chi connectivity index (χ2v) is 5.14. The summed E-state index contributed by atoms with van der Waals surface area (Å²) in [5.41, 5.74) is 6.49. The minimum Gasteiger partial charge on any atom is -0.366 e. The van der Waals surface area contributed by atoms with Gasteiger partial charge in [0.1, 0.15) is 12.0 Å². The van der Waals surface area contributed by atoms with Crippen LogP contribution in [0.2, 0.25) is 0 Å². The Morgan fingerprint density at radius 2 is 2.26 bits per heavy atom. The van der Waals surface area contributed by atoms with Crippen LogP contribution in [0.15, 0.2) is 12.3 Å². The summed E-state index contributed by atoms with van der Waals surface area (Å²) < 4.78 is 0. The summed E-state index contributed by atoms with van der Waals surface area (Å²) in [4.78, 5) is 14.4. The lowest BCUT2D eigenvalue weighted by atomic mass is 9.98. The molecule has 1 heterocycles. The smallest absolute Gasteiger partial charge is 0.290 e. The van der Waals surface area contributed by atoms with E-state index in [-0.39, 0.29) is 11.7 Å². The molecule has 0 aromatic carbocycles. The number of hydrogen-bond acceptors (Lipinski definition) is 5. The average molecular weight is 264 g/mol. The molecule has 0 spiro atoms. The summed E-state index contributed by atoms with van der Waals surface area (Å²) in [6, 6.07) is 1.92. The molecule has 1 aliphatic rings. The Kier molecular flexibility index (Phi) is 4.31. The van der Waals surface area contributed by atoms with E-state index in [0.717, 1.165) is 0 Å². The van der Waals surface area contributed by atoms with Crippen molar-refractivity contribution in [1.29, 1.82) is 0 Å².